The number of carboxylic acid groups (broad SMARTS) is 1. The molecule has 0 bridgehead atoms. The first-order chi connectivity index (χ1) is 10.3. The van der Waals surface area contributed by atoms with Crippen LogP contribution in [-0.2, 0) is 4.79 Å². The number of aromatic nitrogens is 1. The highest BCUT2D eigenvalue weighted by atomic mass is 35.5. The Balaban J connectivity index is 2.21. The molecule has 0 radical (unpaired) electrons. The smallest absolute Gasteiger partial charge is 0.310 e. The van der Waals surface area contributed by atoms with Crippen LogP contribution in [0.3, 0.4) is 0 Å². The van der Waals surface area contributed by atoms with Crippen molar-refractivity contribution < 1.29 is 14.0 Å². The zero-order valence-electron chi connectivity index (χ0n) is 12.8. The Hall–Kier alpha value is -2.00. The minimum atomic E-state index is -2.60. The molecule has 0 spiro atoms. The summed E-state index contributed by atoms with van der Waals surface area (Å²) in [6, 6.07) is 10.2. The first-order valence-corrected chi connectivity index (χ1v) is 6.09. The fourth-order valence-corrected chi connectivity index (χ4v) is 2.39. The largest absolute Gasteiger partial charge is 0.481 e. The van der Waals surface area contributed by atoms with Gasteiger partial charge in [-0.2, -0.15) is 0 Å². The molecule has 3 nitrogen and oxygen atoms in total. The summed E-state index contributed by atoms with van der Waals surface area (Å²) in [7, 11) is 0. The fraction of sp³-hybridized carbons (Fsp3) is 0.133. The molecule has 96 valence electrons. The van der Waals surface area contributed by atoms with Crippen molar-refractivity contribution in [2.75, 3.05) is 0 Å². The van der Waals surface area contributed by atoms with E-state index < -0.39 is 18.7 Å². The molecule has 3 rings (SSSR count). The molecule has 0 amide bonds. The Morgan fingerprint density at radius 2 is 2.11 bits per heavy atom. The van der Waals surface area contributed by atoms with Crippen LogP contribution >= 0.6 is 11.6 Å². The number of fused-ring (bicyclic) bond motifs is 3. The Bertz CT molecular complexity index is 885. The monoisotopic (exact) mass is 276 g/mol. The van der Waals surface area contributed by atoms with Gasteiger partial charge >= 0.3 is 5.97 Å². The topological polar surface area (TPSA) is 53.1 Å². The lowest BCUT2D eigenvalue weighted by molar-refractivity contribution is -0.138. The zero-order chi connectivity index (χ0) is 16.1. The number of hydrogen-bond donors (Lipinski definition) is 2. The Morgan fingerprint density at radius 3 is 2.84 bits per heavy atom. The van der Waals surface area contributed by atoms with E-state index in [1.807, 2.05) is 12.1 Å². The van der Waals surface area contributed by atoms with Gasteiger partial charge in [0.15, 0.2) is 0 Å². The second-order valence-electron chi connectivity index (χ2n) is 4.39. The summed E-state index contributed by atoms with van der Waals surface area (Å²) in [5.41, 5.74) is 1.79. The molecule has 1 aromatic heterocycles. The Morgan fingerprint density at radius 1 is 1.26 bits per heavy atom. The van der Waals surface area contributed by atoms with Gasteiger partial charge in [-0.3, -0.25) is 4.79 Å². The summed E-state index contributed by atoms with van der Waals surface area (Å²) in [6.45, 7) is -2.60. The van der Waals surface area contributed by atoms with Gasteiger partial charge in [0.05, 0.1) is 5.92 Å². The minimum absolute atomic E-state index is 0.248. The number of aromatic amines is 1. The van der Waals surface area contributed by atoms with Crippen LogP contribution in [0.5, 0.6) is 0 Å². The van der Waals surface area contributed by atoms with E-state index in [4.69, 9.17) is 15.7 Å². The quantitative estimate of drug-likeness (QED) is 0.738. The van der Waals surface area contributed by atoms with E-state index in [1.165, 1.54) is 0 Å². The maximum atomic E-state index is 11.3. The lowest BCUT2D eigenvalue weighted by atomic mass is 10.00. The number of H-pyrrole nitrogens is 1. The normalized spacial score (nSPS) is 15.9. The number of rotatable bonds is 2. The van der Waals surface area contributed by atoms with Crippen molar-refractivity contribution in [3.8, 4) is 0 Å². The molecule has 0 aliphatic rings. The molecule has 0 aliphatic carbocycles. The van der Waals surface area contributed by atoms with Crippen LogP contribution in [0, 0.1) is 0 Å². The molecule has 0 saturated heterocycles. The molecule has 1 atom stereocenters. The van der Waals surface area contributed by atoms with Crippen molar-refractivity contribution in [2.45, 2.75) is 12.8 Å². The maximum absolute atomic E-state index is 11.3. The summed E-state index contributed by atoms with van der Waals surface area (Å²) >= 11 is 5.99. The second-order valence-corrected chi connectivity index (χ2v) is 4.83. The predicted molar refractivity (Wildman–Crippen MR) is 76.9 cm³/mol. The van der Waals surface area contributed by atoms with Crippen molar-refractivity contribution >= 4 is 39.4 Å². The van der Waals surface area contributed by atoms with Gasteiger partial charge in [0, 0.05) is 30.9 Å². The van der Waals surface area contributed by atoms with E-state index in [1.54, 1.807) is 24.3 Å². The van der Waals surface area contributed by atoms with Gasteiger partial charge in [-0.1, -0.05) is 23.7 Å². The number of carbonyl (C=O) groups is 1. The number of nitrogens with one attached hydrogen (secondary N) is 1. The van der Waals surface area contributed by atoms with Crippen molar-refractivity contribution in [3.05, 3.63) is 47.0 Å². The van der Waals surface area contributed by atoms with Gasteiger partial charge in [-0.05, 0) is 36.7 Å². The van der Waals surface area contributed by atoms with Gasteiger partial charge in [0.2, 0.25) is 0 Å². The molecular formula is C15H12ClNO2. The predicted octanol–water partition coefficient (Wildman–Crippen LogP) is 4.16. The van der Waals surface area contributed by atoms with Crippen molar-refractivity contribution in [1.29, 1.82) is 0 Å². The fourth-order valence-electron chi connectivity index (χ4n) is 2.22. The molecule has 2 N–H and O–H groups in total. The molecule has 0 saturated carbocycles. The molecule has 1 heterocycles. The number of hydrogen-bond acceptors (Lipinski definition) is 1. The molecule has 0 aliphatic heterocycles. The van der Waals surface area contributed by atoms with Gasteiger partial charge < -0.3 is 10.1 Å². The number of aliphatic carboxylic acids is 1. The zero-order valence-corrected chi connectivity index (χ0v) is 10.5. The number of halogens is 1. The number of carboxylic acids is 1. The Labute approximate surface area is 119 Å². The van der Waals surface area contributed by atoms with Crippen LogP contribution in [0.15, 0.2) is 36.4 Å². The highest BCUT2D eigenvalue weighted by Crippen LogP contribution is 2.30. The van der Waals surface area contributed by atoms with Crippen LogP contribution in [0.1, 0.15) is 22.4 Å². The average molecular weight is 277 g/mol. The lowest BCUT2D eigenvalue weighted by Gasteiger charge is -2.06. The maximum Gasteiger partial charge on any atom is 0.310 e. The van der Waals surface area contributed by atoms with Crippen LogP contribution in [0.4, 0.5) is 0 Å². The van der Waals surface area contributed by atoms with Crippen LogP contribution in [0.25, 0.3) is 21.8 Å². The lowest BCUT2D eigenvalue weighted by Crippen LogP contribution is -2.06. The standard InChI is InChI=1S/C15H12ClNO2/c1-8(15(18)19)9-2-4-11-12-7-10(16)3-5-13(12)17-14(11)6-9/h2-8,17H,1H3,(H,18,19)/t8-/m0/s1/i1D3. The SMILES string of the molecule is [2H]C([2H])([2H])[C@H](C(=O)O)c1ccc2c(c1)[nH]c1ccc(Cl)cc12. The molecule has 2 aromatic carbocycles. The molecular weight excluding hydrogens is 262 g/mol. The van der Waals surface area contributed by atoms with Crippen molar-refractivity contribution in [1.82, 2.24) is 4.98 Å². The molecule has 4 heteroatoms. The first kappa shape index (κ1) is 8.99. The minimum Gasteiger partial charge on any atom is -0.481 e. The van der Waals surface area contributed by atoms with E-state index in [2.05, 4.69) is 4.98 Å². The van der Waals surface area contributed by atoms with Crippen LogP contribution < -0.4 is 0 Å². The van der Waals surface area contributed by atoms with E-state index in [0.29, 0.717) is 10.5 Å². The third kappa shape index (κ3) is 1.96. The third-order valence-corrected chi connectivity index (χ3v) is 3.40. The Kier molecular flexibility index (Phi) is 2.03. The molecule has 0 fully saturated rings. The molecule has 3 aromatic rings. The first-order valence-electron chi connectivity index (χ1n) is 7.21. The molecule has 0 unspecified atom stereocenters. The summed E-state index contributed by atoms with van der Waals surface area (Å²) < 4.78 is 22.3. The van der Waals surface area contributed by atoms with E-state index in [-0.39, 0.29) is 5.56 Å². The van der Waals surface area contributed by atoms with Gasteiger partial charge in [0.25, 0.3) is 0 Å². The van der Waals surface area contributed by atoms with Gasteiger partial charge in [0.1, 0.15) is 0 Å². The summed E-state index contributed by atoms with van der Waals surface area (Å²) in [5, 5.41) is 11.6. The average Bonchev–Trinajstić information content (AvgIpc) is 2.73. The van der Waals surface area contributed by atoms with Gasteiger partial charge in [-0.25, -0.2) is 0 Å². The van der Waals surface area contributed by atoms with E-state index in [0.717, 1.165) is 16.3 Å². The molecule has 19 heavy (non-hydrogen) atoms. The van der Waals surface area contributed by atoms with E-state index >= 15 is 0 Å². The number of benzene rings is 2. The highest BCUT2D eigenvalue weighted by molar-refractivity contribution is 6.31. The summed E-state index contributed by atoms with van der Waals surface area (Å²) in [6.07, 6.45) is 0. The third-order valence-electron chi connectivity index (χ3n) is 3.17. The summed E-state index contributed by atoms with van der Waals surface area (Å²) in [4.78, 5) is 14.5. The van der Waals surface area contributed by atoms with Crippen LogP contribution in [0.2, 0.25) is 5.02 Å². The van der Waals surface area contributed by atoms with Gasteiger partial charge in [-0.15, -0.1) is 0 Å². The highest BCUT2D eigenvalue weighted by Gasteiger charge is 2.15. The second kappa shape index (κ2) is 4.28. The van der Waals surface area contributed by atoms with E-state index in [9.17, 15) is 9.90 Å². The van der Waals surface area contributed by atoms with Crippen molar-refractivity contribution in [2.24, 2.45) is 0 Å². The van der Waals surface area contributed by atoms with Crippen LogP contribution in [-0.4, -0.2) is 16.1 Å². The summed E-state index contributed by atoms with van der Waals surface area (Å²) in [5.74, 6) is -2.91. The van der Waals surface area contributed by atoms with Crippen molar-refractivity contribution in [3.63, 3.8) is 0 Å².